The molecule has 1 N–H and O–H groups in total. The Morgan fingerprint density at radius 3 is 2.55 bits per heavy atom. The average molecular weight is 274 g/mol. The van der Waals surface area contributed by atoms with Gasteiger partial charge in [0, 0.05) is 25.7 Å². The van der Waals surface area contributed by atoms with Crippen molar-refractivity contribution in [3.05, 3.63) is 35.4 Å². The van der Waals surface area contributed by atoms with Crippen LogP contribution in [-0.4, -0.2) is 24.0 Å². The second-order valence-corrected chi connectivity index (χ2v) is 6.53. The van der Waals surface area contributed by atoms with Crippen molar-refractivity contribution < 1.29 is 0 Å². The Labute approximate surface area is 124 Å². The first-order chi connectivity index (χ1) is 9.67. The summed E-state index contributed by atoms with van der Waals surface area (Å²) in [5.41, 5.74) is 2.84. The van der Waals surface area contributed by atoms with Crippen molar-refractivity contribution in [1.29, 1.82) is 0 Å². The number of likely N-dealkylation sites (tertiary alicyclic amines) is 1. The first-order valence-electron chi connectivity index (χ1n) is 8.21. The number of nitrogens with zero attached hydrogens (tertiary/aromatic N) is 1. The van der Waals surface area contributed by atoms with Crippen LogP contribution in [-0.2, 0) is 13.1 Å². The highest BCUT2D eigenvalue weighted by Gasteiger charge is 2.21. The van der Waals surface area contributed by atoms with Crippen LogP contribution >= 0.6 is 0 Å². The Morgan fingerprint density at radius 1 is 1.20 bits per heavy atom. The van der Waals surface area contributed by atoms with E-state index in [2.05, 4.69) is 55.3 Å². The summed E-state index contributed by atoms with van der Waals surface area (Å²) in [4.78, 5) is 2.61. The Morgan fingerprint density at radius 2 is 1.90 bits per heavy atom. The molecule has 20 heavy (non-hydrogen) atoms. The lowest BCUT2D eigenvalue weighted by Gasteiger charge is -2.16. The van der Waals surface area contributed by atoms with Crippen LogP contribution < -0.4 is 5.32 Å². The van der Waals surface area contributed by atoms with Crippen molar-refractivity contribution in [1.82, 2.24) is 10.2 Å². The summed E-state index contributed by atoms with van der Waals surface area (Å²) >= 11 is 0. The molecule has 1 aromatic carbocycles. The standard InChI is InChI=1S/C18H30N2/c1-4-5-17-10-11-20(13-17)14-18-8-6-16(7-9-18)12-19-15(2)3/h6-9,15,17,19H,4-5,10-14H2,1-3H3. The molecule has 1 unspecified atom stereocenters. The largest absolute Gasteiger partial charge is 0.310 e. The van der Waals surface area contributed by atoms with Crippen molar-refractivity contribution >= 4 is 0 Å². The lowest BCUT2D eigenvalue weighted by atomic mass is 10.0. The van der Waals surface area contributed by atoms with Crippen molar-refractivity contribution in [3.8, 4) is 0 Å². The van der Waals surface area contributed by atoms with Crippen LogP contribution in [0.15, 0.2) is 24.3 Å². The van der Waals surface area contributed by atoms with Gasteiger partial charge in [-0.05, 0) is 36.4 Å². The first kappa shape index (κ1) is 15.5. The Balaban J connectivity index is 1.79. The third-order valence-corrected chi connectivity index (χ3v) is 4.21. The van der Waals surface area contributed by atoms with Gasteiger partial charge in [0.15, 0.2) is 0 Å². The lowest BCUT2D eigenvalue weighted by Crippen LogP contribution is -2.22. The summed E-state index contributed by atoms with van der Waals surface area (Å²) in [6, 6.07) is 9.68. The van der Waals surface area contributed by atoms with Crippen LogP contribution in [0, 0.1) is 5.92 Å². The van der Waals surface area contributed by atoms with Crippen molar-refractivity contribution in [2.45, 2.75) is 59.2 Å². The van der Waals surface area contributed by atoms with Crippen LogP contribution in [0.25, 0.3) is 0 Å². The maximum absolute atomic E-state index is 3.46. The molecule has 0 aliphatic carbocycles. The molecule has 2 heteroatoms. The smallest absolute Gasteiger partial charge is 0.0233 e. The molecule has 2 rings (SSSR count). The molecular weight excluding hydrogens is 244 g/mol. The fraction of sp³-hybridized carbons (Fsp3) is 0.667. The number of benzene rings is 1. The monoisotopic (exact) mass is 274 g/mol. The SMILES string of the molecule is CCCC1CCN(Cc2ccc(CNC(C)C)cc2)C1. The van der Waals surface area contributed by atoms with Gasteiger partial charge in [0.05, 0.1) is 0 Å². The quantitative estimate of drug-likeness (QED) is 0.813. The van der Waals surface area contributed by atoms with Crippen LogP contribution in [0.2, 0.25) is 0 Å². The van der Waals surface area contributed by atoms with Gasteiger partial charge in [-0.25, -0.2) is 0 Å². The first-order valence-corrected chi connectivity index (χ1v) is 8.21. The van der Waals surface area contributed by atoms with E-state index in [9.17, 15) is 0 Å². The van der Waals surface area contributed by atoms with Crippen LogP contribution in [0.5, 0.6) is 0 Å². The third kappa shape index (κ3) is 4.92. The van der Waals surface area contributed by atoms with Gasteiger partial charge < -0.3 is 5.32 Å². The van der Waals surface area contributed by atoms with Gasteiger partial charge in [-0.15, -0.1) is 0 Å². The Hall–Kier alpha value is -0.860. The molecule has 1 fully saturated rings. The zero-order valence-electron chi connectivity index (χ0n) is 13.4. The summed E-state index contributed by atoms with van der Waals surface area (Å²) in [7, 11) is 0. The van der Waals surface area contributed by atoms with E-state index >= 15 is 0 Å². The van der Waals surface area contributed by atoms with Gasteiger partial charge >= 0.3 is 0 Å². The van der Waals surface area contributed by atoms with E-state index in [-0.39, 0.29) is 0 Å². The molecule has 1 heterocycles. The number of hydrogen-bond acceptors (Lipinski definition) is 2. The Bertz CT molecular complexity index is 383. The maximum Gasteiger partial charge on any atom is 0.0233 e. The minimum absolute atomic E-state index is 0.551. The van der Waals surface area contributed by atoms with Crippen molar-refractivity contribution in [2.24, 2.45) is 5.92 Å². The molecule has 1 aliphatic rings. The van der Waals surface area contributed by atoms with Gasteiger partial charge in [-0.2, -0.15) is 0 Å². The van der Waals surface area contributed by atoms with Gasteiger partial charge in [0.1, 0.15) is 0 Å². The average Bonchev–Trinajstić information content (AvgIpc) is 2.86. The van der Waals surface area contributed by atoms with E-state index in [0.717, 1.165) is 19.0 Å². The molecule has 112 valence electrons. The number of rotatable bonds is 7. The number of hydrogen-bond donors (Lipinski definition) is 1. The Kier molecular flexibility index (Phi) is 6.06. The molecule has 1 atom stereocenters. The summed E-state index contributed by atoms with van der Waals surface area (Å²) in [5, 5.41) is 3.46. The minimum Gasteiger partial charge on any atom is -0.310 e. The number of nitrogens with one attached hydrogen (secondary N) is 1. The highest BCUT2D eigenvalue weighted by Crippen LogP contribution is 2.22. The molecule has 1 saturated heterocycles. The highest BCUT2D eigenvalue weighted by molar-refractivity contribution is 5.22. The molecule has 0 spiro atoms. The van der Waals surface area contributed by atoms with E-state index in [1.54, 1.807) is 0 Å². The predicted octanol–water partition coefficient (Wildman–Crippen LogP) is 3.81. The summed E-state index contributed by atoms with van der Waals surface area (Å²) in [5.74, 6) is 0.939. The zero-order valence-corrected chi connectivity index (χ0v) is 13.4. The molecule has 1 aromatic rings. The molecule has 2 nitrogen and oxygen atoms in total. The summed E-state index contributed by atoms with van der Waals surface area (Å²) in [6.07, 6.45) is 4.12. The molecule has 1 aliphatic heterocycles. The maximum atomic E-state index is 3.46. The lowest BCUT2D eigenvalue weighted by molar-refractivity contribution is 0.313. The van der Waals surface area contributed by atoms with Crippen molar-refractivity contribution in [2.75, 3.05) is 13.1 Å². The zero-order chi connectivity index (χ0) is 14.4. The molecule has 0 aromatic heterocycles. The second kappa shape index (κ2) is 7.80. The molecule has 0 radical (unpaired) electrons. The fourth-order valence-corrected chi connectivity index (χ4v) is 3.04. The third-order valence-electron chi connectivity index (χ3n) is 4.21. The van der Waals surface area contributed by atoms with Crippen molar-refractivity contribution in [3.63, 3.8) is 0 Å². The van der Waals surface area contributed by atoms with Gasteiger partial charge in [-0.3, -0.25) is 4.90 Å². The van der Waals surface area contributed by atoms with Crippen LogP contribution in [0.1, 0.15) is 51.2 Å². The highest BCUT2D eigenvalue weighted by atomic mass is 15.1. The molecule has 0 amide bonds. The van der Waals surface area contributed by atoms with E-state index in [0.29, 0.717) is 6.04 Å². The van der Waals surface area contributed by atoms with E-state index in [4.69, 9.17) is 0 Å². The molecular formula is C18H30N2. The fourth-order valence-electron chi connectivity index (χ4n) is 3.04. The van der Waals surface area contributed by atoms with Gasteiger partial charge in [-0.1, -0.05) is 51.5 Å². The molecule has 0 bridgehead atoms. The van der Waals surface area contributed by atoms with Crippen LogP contribution in [0.3, 0.4) is 0 Å². The van der Waals surface area contributed by atoms with E-state index < -0.39 is 0 Å². The predicted molar refractivity (Wildman–Crippen MR) is 86.7 cm³/mol. The van der Waals surface area contributed by atoms with Gasteiger partial charge in [0.25, 0.3) is 0 Å². The second-order valence-electron chi connectivity index (χ2n) is 6.53. The molecule has 0 saturated carbocycles. The summed E-state index contributed by atoms with van der Waals surface area (Å²) in [6.45, 7) is 11.3. The van der Waals surface area contributed by atoms with Gasteiger partial charge in [0.2, 0.25) is 0 Å². The van der Waals surface area contributed by atoms with E-state index in [1.165, 1.54) is 43.5 Å². The van der Waals surface area contributed by atoms with Crippen LogP contribution in [0.4, 0.5) is 0 Å². The normalized spacial score (nSPS) is 19.9. The minimum atomic E-state index is 0.551. The van der Waals surface area contributed by atoms with E-state index in [1.807, 2.05) is 0 Å². The summed E-state index contributed by atoms with van der Waals surface area (Å²) < 4.78 is 0. The topological polar surface area (TPSA) is 15.3 Å².